The zero-order chi connectivity index (χ0) is 21.3. The van der Waals surface area contributed by atoms with Crippen LogP contribution in [0.3, 0.4) is 0 Å². The first kappa shape index (κ1) is 23.5. The Morgan fingerprint density at radius 2 is 1.55 bits per heavy atom. The summed E-state index contributed by atoms with van der Waals surface area (Å²) in [5.74, 6) is -1.07. The fourth-order valence-corrected chi connectivity index (χ4v) is 5.10. The van der Waals surface area contributed by atoms with Crippen LogP contribution in [0.1, 0.15) is 42.5 Å². The maximum Gasteiger partial charge on any atom is 0.357 e. The Balaban J connectivity index is 2.36. The van der Waals surface area contributed by atoms with Crippen LogP contribution in [0.4, 0.5) is 5.69 Å². The van der Waals surface area contributed by atoms with Crippen LogP contribution in [0.2, 0.25) is 0 Å². The van der Waals surface area contributed by atoms with E-state index < -0.39 is 13.4 Å². The van der Waals surface area contributed by atoms with E-state index in [4.69, 9.17) is 13.8 Å². The molecule has 0 amide bonds. The van der Waals surface area contributed by atoms with E-state index in [1.165, 1.54) is 0 Å². The van der Waals surface area contributed by atoms with Crippen molar-refractivity contribution in [3.05, 3.63) is 59.7 Å². The Bertz CT molecular complexity index is 816. The first-order valence-corrected chi connectivity index (χ1v) is 12.4. The monoisotopic (exact) mass is 437 g/mol. The predicted molar refractivity (Wildman–Crippen MR) is 118 cm³/mol. The lowest BCUT2D eigenvalue weighted by Gasteiger charge is -2.28. The zero-order valence-corrected chi connectivity index (χ0v) is 18.9. The Hall–Kier alpha value is -1.79. The van der Waals surface area contributed by atoms with E-state index >= 15 is 0 Å². The van der Waals surface area contributed by atoms with E-state index in [0.29, 0.717) is 17.9 Å². The third kappa shape index (κ3) is 6.34. The average Bonchev–Trinajstić information content (AvgIpc) is 2.73. The molecule has 0 saturated carbocycles. The van der Waals surface area contributed by atoms with Gasteiger partial charge in [-0.2, -0.15) is 0 Å². The van der Waals surface area contributed by atoms with Crippen LogP contribution < -0.4 is 5.32 Å². The van der Waals surface area contributed by atoms with Crippen LogP contribution in [0, 0.1) is 0 Å². The van der Waals surface area contributed by atoms with Gasteiger partial charge in [0.25, 0.3) is 0 Å². The molecule has 0 fully saturated rings. The summed E-state index contributed by atoms with van der Waals surface area (Å²) >= 11 is 1.63. The van der Waals surface area contributed by atoms with Gasteiger partial charge >= 0.3 is 13.6 Å². The lowest BCUT2D eigenvalue weighted by atomic mass is 10.2. The number of rotatable bonds is 11. The second-order valence-electron chi connectivity index (χ2n) is 5.99. The summed E-state index contributed by atoms with van der Waals surface area (Å²) in [4.78, 5) is 13.0. The summed E-state index contributed by atoms with van der Waals surface area (Å²) in [6.07, 6.45) is 2.00. The smallest absolute Gasteiger partial charge is 0.357 e. The Morgan fingerprint density at radius 1 is 0.966 bits per heavy atom. The Labute approximate surface area is 176 Å². The van der Waals surface area contributed by atoms with Crippen molar-refractivity contribution in [3.63, 3.8) is 0 Å². The molecule has 1 unspecified atom stereocenters. The first-order chi connectivity index (χ1) is 14.0. The summed E-state index contributed by atoms with van der Waals surface area (Å²) in [5, 5.41) is 3.27. The van der Waals surface area contributed by atoms with Gasteiger partial charge in [0.1, 0.15) is 0 Å². The number of benzene rings is 2. The molecule has 0 saturated heterocycles. The summed E-state index contributed by atoms with van der Waals surface area (Å²) in [7, 11) is -3.49. The molecule has 0 aliphatic rings. The molecule has 2 rings (SSSR count). The topological polar surface area (TPSA) is 73.9 Å². The van der Waals surface area contributed by atoms with Crippen LogP contribution >= 0.6 is 19.4 Å². The van der Waals surface area contributed by atoms with Crippen LogP contribution in [-0.4, -0.2) is 32.0 Å². The molecule has 0 aliphatic heterocycles. The second-order valence-corrected chi connectivity index (χ2v) is 8.99. The maximum atomic E-state index is 13.5. The lowest BCUT2D eigenvalue weighted by Crippen LogP contribution is -2.15. The van der Waals surface area contributed by atoms with Gasteiger partial charge in [0, 0.05) is 10.6 Å². The molecule has 8 heteroatoms. The molecule has 1 atom stereocenters. The molecule has 0 aliphatic carbocycles. The number of esters is 1. The van der Waals surface area contributed by atoms with Crippen LogP contribution in [0.15, 0.2) is 53.4 Å². The van der Waals surface area contributed by atoms with Gasteiger partial charge in [-0.25, -0.2) is 4.79 Å². The van der Waals surface area contributed by atoms with Crippen molar-refractivity contribution in [1.82, 2.24) is 0 Å². The average molecular weight is 437 g/mol. The summed E-state index contributed by atoms with van der Waals surface area (Å²) in [6, 6.07) is 14.6. The van der Waals surface area contributed by atoms with Gasteiger partial charge in [-0.15, -0.1) is 11.8 Å². The van der Waals surface area contributed by atoms with Crippen molar-refractivity contribution in [2.75, 3.05) is 31.4 Å². The van der Waals surface area contributed by atoms with Gasteiger partial charge in [-0.05, 0) is 69.0 Å². The molecule has 2 aromatic carbocycles. The quantitative estimate of drug-likeness (QED) is 0.264. The van der Waals surface area contributed by atoms with Crippen LogP contribution in [0.5, 0.6) is 0 Å². The number of carbonyl (C=O) groups is 1. The molecule has 0 bridgehead atoms. The molecular weight excluding hydrogens is 409 g/mol. The van der Waals surface area contributed by atoms with E-state index in [1.54, 1.807) is 56.8 Å². The van der Waals surface area contributed by atoms with Crippen molar-refractivity contribution in [3.8, 4) is 0 Å². The molecular formula is C21H28NO5PS. The fourth-order valence-electron chi connectivity index (χ4n) is 2.75. The number of hydrogen-bond donors (Lipinski definition) is 1. The molecule has 6 nitrogen and oxygen atoms in total. The van der Waals surface area contributed by atoms with Crippen molar-refractivity contribution < 1.29 is 23.1 Å². The summed E-state index contributed by atoms with van der Waals surface area (Å²) in [5.41, 5.74) is 1.94. The molecule has 1 N–H and O–H groups in total. The van der Waals surface area contributed by atoms with Crippen molar-refractivity contribution in [1.29, 1.82) is 0 Å². The number of thioether (sulfide) groups is 1. The molecule has 158 valence electrons. The number of anilines is 1. The molecule has 2 aromatic rings. The molecule has 0 aromatic heterocycles. The van der Waals surface area contributed by atoms with E-state index in [1.807, 2.05) is 30.5 Å². The van der Waals surface area contributed by atoms with Gasteiger partial charge in [-0.3, -0.25) is 4.57 Å². The van der Waals surface area contributed by atoms with Gasteiger partial charge in [0.15, 0.2) is 5.78 Å². The van der Waals surface area contributed by atoms with E-state index in [-0.39, 0.29) is 19.2 Å². The number of nitrogens with one attached hydrogen (secondary N) is 1. The van der Waals surface area contributed by atoms with E-state index in [0.717, 1.165) is 10.5 Å². The van der Waals surface area contributed by atoms with Gasteiger partial charge in [-0.1, -0.05) is 12.1 Å². The third-order valence-electron chi connectivity index (χ3n) is 4.07. The highest BCUT2D eigenvalue weighted by Gasteiger charge is 2.37. The highest BCUT2D eigenvalue weighted by molar-refractivity contribution is 7.98. The highest BCUT2D eigenvalue weighted by Crippen LogP contribution is 2.60. The number of carbonyl (C=O) groups excluding carboxylic acids is 1. The van der Waals surface area contributed by atoms with Crippen molar-refractivity contribution in [2.45, 2.75) is 31.4 Å². The zero-order valence-electron chi connectivity index (χ0n) is 17.2. The minimum Gasteiger partial charge on any atom is -0.462 e. The molecule has 0 heterocycles. The number of hydrogen-bond acceptors (Lipinski definition) is 7. The second kappa shape index (κ2) is 11.4. The largest absolute Gasteiger partial charge is 0.462 e. The van der Waals surface area contributed by atoms with Crippen molar-refractivity contribution >= 4 is 31.0 Å². The SMILES string of the molecule is CCOC(=O)c1ccc(NC(c2ccc(SC)cc2)P(=O)(OCC)OCC)cc1. The standard InChI is InChI=1S/C21H28NO5PS/c1-5-25-21(23)17-8-12-18(13-9-17)22-20(28(24,26-6-2)27-7-3)16-10-14-19(29-4)15-11-16/h8-15,20,22H,5-7H2,1-4H3. The van der Waals surface area contributed by atoms with Crippen LogP contribution in [-0.2, 0) is 18.3 Å². The third-order valence-corrected chi connectivity index (χ3v) is 7.10. The Morgan fingerprint density at radius 3 is 2.03 bits per heavy atom. The summed E-state index contributed by atoms with van der Waals surface area (Å²) in [6.45, 7) is 6.18. The predicted octanol–water partition coefficient (Wildman–Crippen LogP) is 5.96. The van der Waals surface area contributed by atoms with Gasteiger partial charge in [0.05, 0.1) is 25.4 Å². The molecule has 0 spiro atoms. The van der Waals surface area contributed by atoms with Crippen molar-refractivity contribution in [2.24, 2.45) is 0 Å². The maximum absolute atomic E-state index is 13.5. The summed E-state index contributed by atoms with van der Waals surface area (Å²) < 4.78 is 29.8. The first-order valence-electron chi connectivity index (χ1n) is 9.53. The molecule has 29 heavy (non-hydrogen) atoms. The minimum absolute atomic E-state index is 0.264. The lowest BCUT2D eigenvalue weighted by molar-refractivity contribution is 0.0526. The van der Waals surface area contributed by atoms with Gasteiger partial charge < -0.3 is 19.1 Å². The Kier molecular flexibility index (Phi) is 9.24. The van der Waals surface area contributed by atoms with Crippen LogP contribution in [0.25, 0.3) is 0 Å². The number of ether oxygens (including phenoxy) is 1. The normalized spacial score (nSPS) is 12.4. The minimum atomic E-state index is -3.49. The highest BCUT2D eigenvalue weighted by atomic mass is 32.2. The van der Waals surface area contributed by atoms with E-state index in [9.17, 15) is 9.36 Å². The fraction of sp³-hybridized carbons (Fsp3) is 0.381. The van der Waals surface area contributed by atoms with Gasteiger partial charge in [0.2, 0.25) is 0 Å². The van der Waals surface area contributed by atoms with E-state index in [2.05, 4.69) is 5.32 Å². The molecule has 0 radical (unpaired) electrons.